The molecule has 39 heavy (non-hydrogen) atoms. The maximum absolute atomic E-state index is 13.2. The highest BCUT2D eigenvalue weighted by Crippen LogP contribution is 2.38. The second-order valence-corrected chi connectivity index (χ2v) is 10.00. The molecule has 1 atom stereocenters. The summed E-state index contributed by atoms with van der Waals surface area (Å²) in [4.78, 5) is 43.7. The summed E-state index contributed by atoms with van der Waals surface area (Å²) >= 11 is 0. The van der Waals surface area contributed by atoms with Crippen LogP contribution in [-0.2, 0) is 16.1 Å². The number of aryl methyl sites for hydroxylation is 1. The number of ether oxygens (including phenoxy) is 2. The Bertz CT molecular complexity index is 1690. The minimum atomic E-state index is -0.656. The molecule has 1 fully saturated rings. The standard InChI is InChI=1S/C29H25N5O5/c1-16-2-8-24-31-26(27(34(24)14-16)30-19-4-7-22-23(13-19)39-11-10-38-22)17-3-5-20-18(12-17)15-33(29(20)37)21-6-9-25(35)32-28(21)36/h2-5,7-8,12-14,21,30H,6,9-11,15H2,1H3,(H,32,35,36). The summed E-state index contributed by atoms with van der Waals surface area (Å²) in [7, 11) is 0. The predicted octanol–water partition coefficient (Wildman–Crippen LogP) is 3.59. The predicted molar refractivity (Wildman–Crippen MR) is 142 cm³/mol. The van der Waals surface area contributed by atoms with Gasteiger partial charge in [-0.25, -0.2) is 4.98 Å². The number of hydrogen-bond acceptors (Lipinski definition) is 7. The van der Waals surface area contributed by atoms with Crippen molar-refractivity contribution in [1.29, 1.82) is 0 Å². The molecule has 1 unspecified atom stereocenters. The van der Waals surface area contributed by atoms with E-state index in [1.165, 1.54) is 0 Å². The molecule has 2 N–H and O–H groups in total. The highest BCUT2D eigenvalue weighted by molar-refractivity contribution is 6.05. The molecule has 196 valence electrons. The molecule has 2 aromatic heterocycles. The monoisotopic (exact) mass is 523 g/mol. The highest BCUT2D eigenvalue weighted by Gasteiger charge is 2.39. The van der Waals surface area contributed by atoms with Crippen molar-refractivity contribution in [3.8, 4) is 22.8 Å². The van der Waals surface area contributed by atoms with E-state index in [1.807, 2.05) is 60.0 Å². The van der Waals surface area contributed by atoms with Crippen molar-refractivity contribution in [2.45, 2.75) is 32.4 Å². The quantitative estimate of drug-likeness (QED) is 0.393. The largest absolute Gasteiger partial charge is 0.486 e. The van der Waals surface area contributed by atoms with Crippen LogP contribution in [0.25, 0.3) is 16.9 Å². The summed E-state index contributed by atoms with van der Waals surface area (Å²) in [5.74, 6) is 1.24. The fourth-order valence-electron chi connectivity index (χ4n) is 5.45. The summed E-state index contributed by atoms with van der Waals surface area (Å²) < 4.78 is 13.4. The van der Waals surface area contributed by atoms with Crippen molar-refractivity contribution in [1.82, 2.24) is 19.6 Å². The Balaban J connectivity index is 1.26. The molecule has 1 saturated heterocycles. The van der Waals surface area contributed by atoms with E-state index in [4.69, 9.17) is 14.5 Å². The van der Waals surface area contributed by atoms with Gasteiger partial charge in [0.15, 0.2) is 11.5 Å². The number of amides is 3. The molecular weight excluding hydrogens is 498 g/mol. The van der Waals surface area contributed by atoms with Gasteiger partial charge < -0.3 is 19.7 Å². The molecule has 0 saturated carbocycles. The summed E-state index contributed by atoms with van der Waals surface area (Å²) in [5, 5.41) is 5.87. The second kappa shape index (κ2) is 8.87. The van der Waals surface area contributed by atoms with Crippen LogP contribution in [0.3, 0.4) is 0 Å². The molecule has 3 aliphatic rings. The van der Waals surface area contributed by atoms with E-state index >= 15 is 0 Å². The summed E-state index contributed by atoms with van der Waals surface area (Å²) in [6.07, 6.45) is 2.57. The number of aromatic nitrogens is 2. The molecule has 0 radical (unpaired) electrons. The SMILES string of the molecule is Cc1ccc2nc(-c3ccc4c(c3)CN(C3CCC(=O)NC3=O)C4=O)c(Nc3ccc4c(c3)OCCO4)n2c1. The first-order valence-corrected chi connectivity index (χ1v) is 12.9. The number of nitrogens with one attached hydrogen (secondary N) is 2. The van der Waals surface area contributed by atoms with E-state index in [1.54, 1.807) is 11.0 Å². The minimum absolute atomic E-state index is 0.202. The Labute approximate surface area is 223 Å². The van der Waals surface area contributed by atoms with Gasteiger partial charge >= 0.3 is 0 Å². The van der Waals surface area contributed by atoms with Crippen molar-refractivity contribution in [3.63, 3.8) is 0 Å². The van der Waals surface area contributed by atoms with Crippen LogP contribution in [0.2, 0.25) is 0 Å². The number of piperidine rings is 1. The van der Waals surface area contributed by atoms with Gasteiger partial charge in [0.05, 0.1) is 0 Å². The fourth-order valence-corrected chi connectivity index (χ4v) is 5.45. The Hall–Kier alpha value is -4.86. The molecule has 4 aromatic rings. The van der Waals surface area contributed by atoms with E-state index in [-0.39, 0.29) is 18.2 Å². The van der Waals surface area contributed by atoms with E-state index < -0.39 is 11.9 Å². The molecule has 3 aliphatic heterocycles. The molecule has 7 rings (SSSR count). The fraction of sp³-hybridized carbons (Fsp3) is 0.241. The first kappa shape index (κ1) is 23.3. The van der Waals surface area contributed by atoms with E-state index in [0.29, 0.717) is 43.2 Å². The van der Waals surface area contributed by atoms with E-state index in [2.05, 4.69) is 10.6 Å². The third-order valence-electron chi connectivity index (χ3n) is 7.37. The van der Waals surface area contributed by atoms with Gasteiger partial charge in [0.2, 0.25) is 11.8 Å². The van der Waals surface area contributed by atoms with Gasteiger partial charge in [0.1, 0.15) is 36.4 Å². The smallest absolute Gasteiger partial charge is 0.255 e. The van der Waals surface area contributed by atoms with Crippen molar-refractivity contribution < 1.29 is 23.9 Å². The van der Waals surface area contributed by atoms with Crippen LogP contribution >= 0.6 is 0 Å². The summed E-state index contributed by atoms with van der Waals surface area (Å²) in [5.41, 5.74) is 5.63. The Morgan fingerprint density at radius 1 is 1.00 bits per heavy atom. The third kappa shape index (κ3) is 3.96. The molecular formula is C29H25N5O5. The minimum Gasteiger partial charge on any atom is -0.486 e. The normalized spacial score (nSPS) is 18.3. The molecule has 3 amide bonds. The average molecular weight is 524 g/mol. The van der Waals surface area contributed by atoms with Crippen LogP contribution in [-0.4, -0.2) is 51.3 Å². The molecule has 10 nitrogen and oxygen atoms in total. The maximum atomic E-state index is 13.2. The number of imidazole rings is 1. The lowest BCUT2D eigenvalue weighted by Gasteiger charge is -2.29. The number of benzene rings is 2. The number of rotatable bonds is 4. The van der Waals surface area contributed by atoms with Crippen LogP contribution in [0.1, 0.15) is 34.3 Å². The lowest BCUT2D eigenvalue weighted by molar-refractivity contribution is -0.136. The first-order chi connectivity index (χ1) is 18.9. The highest BCUT2D eigenvalue weighted by atomic mass is 16.6. The number of imide groups is 1. The van der Waals surface area contributed by atoms with Crippen LogP contribution in [0.4, 0.5) is 11.5 Å². The summed E-state index contributed by atoms with van der Waals surface area (Å²) in [6.45, 7) is 3.35. The van der Waals surface area contributed by atoms with Crippen molar-refractivity contribution in [3.05, 3.63) is 71.4 Å². The molecule has 2 aromatic carbocycles. The Morgan fingerprint density at radius 3 is 2.69 bits per heavy atom. The molecule has 0 spiro atoms. The van der Waals surface area contributed by atoms with Crippen molar-refractivity contribution >= 4 is 34.9 Å². The van der Waals surface area contributed by atoms with Crippen LogP contribution < -0.4 is 20.1 Å². The number of fused-ring (bicyclic) bond motifs is 3. The Kier molecular flexibility index (Phi) is 5.29. The zero-order chi connectivity index (χ0) is 26.7. The van der Waals surface area contributed by atoms with E-state index in [0.717, 1.165) is 39.5 Å². The molecule has 0 bridgehead atoms. The number of pyridine rings is 1. The van der Waals surface area contributed by atoms with Crippen LogP contribution in [0.15, 0.2) is 54.7 Å². The first-order valence-electron chi connectivity index (χ1n) is 12.9. The molecule has 0 aliphatic carbocycles. The lowest BCUT2D eigenvalue weighted by atomic mass is 10.0. The van der Waals surface area contributed by atoms with Gasteiger partial charge in [-0.3, -0.25) is 24.1 Å². The summed E-state index contributed by atoms with van der Waals surface area (Å²) in [6, 6.07) is 14.7. The maximum Gasteiger partial charge on any atom is 0.255 e. The molecule has 5 heterocycles. The topological polar surface area (TPSA) is 114 Å². The van der Waals surface area contributed by atoms with Crippen LogP contribution in [0, 0.1) is 6.92 Å². The number of anilines is 2. The second-order valence-electron chi connectivity index (χ2n) is 10.00. The number of carbonyl (C=O) groups excluding carboxylic acids is 3. The lowest BCUT2D eigenvalue weighted by Crippen LogP contribution is -2.52. The van der Waals surface area contributed by atoms with Gasteiger partial charge in [-0.1, -0.05) is 12.1 Å². The van der Waals surface area contributed by atoms with Gasteiger partial charge in [-0.05, 0) is 54.8 Å². The zero-order valence-electron chi connectivity index (χ0n) is 21.2. The number of hydrogen-bond donors (Lipinski definition) is 2. The van der Waals surface area contributed by atoms with E-state index in [9.17, 15) is 14.4 Å². The Morgan fingerprint density at radius 2 is 1.85 bits per heavy atom. The number of nitrogens with zero attached hydrogens (tertiary/aromatic N) is 3. The van der Waals surface area contributed by atoms with Gasteiger partial charge in [0, 0.05) is 42.0 Å². The van der Waals surface area contributed by atoms with Crippen molar-refractivity contribution in [2.75, 3.05) is 18.5 Å². The van der Waals surface area contributed by atoms with Gasteiger partial charge in [-0.2, -0.15) is 0 Å². The third-order valence-corrected chi connectivity index (χ3v) is 7.37. The van der Waals surface area contributed by atoms with Crippen molar-refractivity contribution in [2.24, 2.45) is 0 Å². The van der Waals surface area contributed by atoms with Gasteiger partial charge in [-0.15, -0.1) is 0 Å². The van der Waals surface area contributed by atoms with Gasteiger partial charge in [0.25, 0.3) is 5.91 Å². The average Bonchev–Trinajstić information content (AvgIpc) is 3.45. The number of carbonyl (C=O) groups is 3. The zero-order valence-corrected chi connectivity index (χ0v) is 21.2. The molecule has 10 heteroatoms. The van der Waals surface area contributed by atoms with Crippen LogP contribution in [0.5, 0.6) is 11.5 Å².